The molecule has 0 saturated heterocycles. The molecule has 0 aliphatic carbocycles. The summed E-state index contributed by atoms with van der Waals surface area (Å²) in [5, 5.41) is 0.455. The fourth-order valence-corrected chi connectivity index (χ4v) is 4.58. The summed E-state index contributed by atoms with van der Waals surface area (Å²) in [6, 6.07) is 6.80. The molecule has 0 saturated carbocycles. The van der Waals surface area contributed by atoms with Gasteiger partial charge in [-0.2, -0.15) is 0 Å². The highest BCUT2D eigenvalue weighted by atomic mass is 32.2. The summed E-state index contributed by atoms with van der Waals surface area (Å²) < 4.78 is 27.3. The standard InChI is InChI=1S/C14H17N3O2S2/c1-10-3-5-11(6-4-10)21(18,19)16-14-15-12-7-8-17(2)9-13(12)20-14/h3-6H,7-9H2,1-2H3,(H,15,16). The Balaban J connectivity index is 1.84. The quantitative estimate of drug-likeness (QED) is 0.941. The van der Waals surface area contributed by atoms with Crippen LogP contribution in [0.4, 0.5) is 5.13 Å². The predicted molar refractivity (Wildman–Crippen MR) is 84.1 cm³/mol. The Morgan fingerprint density at radius 1 is 1.29 bits per heavy atom. The summed E-state index contributed by atoms with van der Waals surface area (Å²) in [7, 11) is -1.50. The zero-order chi connectivity index (χ0) is 15.0. The zero-order valence-corrected chi connectivity index (χ0v) is 13.6. The van der Waals surface area contributed by atoms with E-state index in [1.165, 1.54) is 11.3 Å². The number of hydrogen-bond acceptors (Lipinski definition) is 5. The van der Waals surface area contributed by atoms with Crippen molar-refractivity contribution in [2.75, 3.05) is 18.3 Å². The van der Waals surface area contributed by atoms with Gasteiger partial charge in [0.25, 0.3) is 10.0 Å². The van der Waals surface area contributed by atoms with Crippen molar-refractivity contribution in [3.8, 4) is 0 Å². The van der Waals surface area contributed by atoms with Crippen molar-refractivity contribution in [3.05, 3.63) is 40.4 Å². The Labute approximate surface area is 128 Å². The van der Waals surface area contributed by atoms with Crippen LogP contribution in [-0.4, -0.2) is 31.9 Å². The minimum atomic E-state index is -3.56. The first kappa shape index (κ1) is 14.5. The van der Waals surface area contributed by atoms with Gasteiger partial charge in [0.1, 0.15) is 0 Å². The van der Waals surface area contributed by atoms with E-state index in [2.05, 4.69) is 21.7 Å². The van der Waals surface area contributed by atoms with E-state index in [-0.39, 0.29) is 4.90 Å². The van der Waals surface area contributed by atoms with Gasteiger partial charge in [0.05, 0.1) is 10.6 Å². The van der Waals surface area contributed by atoms with E-state index < -0.39 is 10.0 Å². The molecule has 1 aromatic carbocycles. The summed E-state index contributed by atoms with van der Waals surface area (Å²) in [5.41, 5.74) is 2.04. The Morgan fingerprint density at radius 2 is 2.00 bits per heavy atom. The third kappa shape index (κ3) is 3.09. The van der Waals surface area contributed by atoms with Crippen LogP contribution >= 0.6 is 11.3 Å². The van der Waals surface area contributed by atoms with Crippen molar-refractivity contribution in [1.82, 2.24) is 9.88 Å². The highest BCUT2D eigenvalue weighted by molar-refractivity contribution is 7.93. The maximum absolute atomic E-state index is 12.3. The van der Waals surface area contributed by atoms with Crippen LogP contribution in [0.2, 0.25) is 0 Å². The maximum atomic E-state index is 12.3. The molecule has 0 spiro atoms. The molecule has 1 N–H and O–H groups in total. The summed E-state index contributed by atoms with van der Waals surface area (Å²) in [5.74, 6) is 0. The topological polar surface area (TPSA) is 62.3 Å². The minimum Gasteiger partial charge on any atom is -0.301 e. The Kier molecular flexibility index (Phi) is 3.73. The second kappa shape index (κ2) is 5.40. The number of hydrogen-bond donors (Lipinski definition) is 1. The van der Waals surface area contributed by atoms with Crippen molar-refractivity contribution in [3.63, 3.8) is 0 Å². The van der Waals surface area contributed by atoms with Crippen LogP contribution in [0.15, 0.2) is 29.2 Å². The van der Waals surface area contributed by atoms with E-state index >= 15 is 0 Å². The Morgan fingerprint density at radius 3 is 2.71 bits per heavy atom. The van der Waals surface area contributed by atoms with Gasteiger partial charge in [-0.1, -0.05) is 29.0 Å². The number of likely N-dealkylation sites (N-methyl/N-ethyl adjacent to an activating group) is 1. The molecular formula is C14H17N3O2S2. The van der Waals surface area contributed by atoms with Gasteiger partial charge in [0, 0.05) is 24.4 Å². The molecule has 21 heavy (non-hydrogen) atoms. The van der Waals surface area contributed by atoms with Crippen LogP contribution in [0.1, 0.15) is 16.1 Å². The molecule has 2 aromatic rings. The number of sulfonamides is 1. The lowest BCUT2D eigenvalue weighted by Gasteiger charge is -2.20. The average molecular weight is 323 g/mol. The van der Waals surface area contributed by atoms with Crippen LogP contribution in [0.3, 0.4) is 0 Å². The number of fused-ring (bicyclic) bond motifs is 1. The molecule has 0 bridgehead atoms. The predicted octanol–water partition coefficient (Wildman–Crippen LogP) is 2.24. The van der Waals surface area contributed by atoms with Crippen LogP contribution in [0, 0.1) is 6.92 Å². The number of aryl methyl sites for hydroxylation is 1. The maximum Gasteiger partial charge on any atom is 0.263 e. The highest BCUT2D eigenvalue weighted by Crippen LogP contribution is 2.29. The molecule has 0 radical (unpaired) electrons. The highest BCUT2D eigenvalue weighted by Gasteiger charge is 2.21. The van der Waals surface area contributed by atoms with E-state index in [0.717, 1.165) is 35.6 Å². The van der Waals surface area contributed by atoms with E-state index in [4.69, 9.17) is 0 Å². The smallest absolute Gasteiger partial charge is 0.263 e. The number of anilines is 1. The fraction of sp³-hybridized carbons (Fsp3) is 0.357. The van der Waals surface area contributed by atoms with E-state index in [9.17, 15) is 8.42 Å². The molecule has 0 fully saturated rings. The molecule has 1 aliphatic rings. The lowest BCUT2D eigenvalue weighted by Crippen LogP contribution is -2.25. The number of nitrogens with one attached hydrogen (secondary N) is 1. The monoisotopic (exact) mass is 323 g/mol. The van der Waals surface area contributed by atoms with Gasteiger partial charge in [-0.25, -0.2) is 13.4 Å². The van der Waals surface area contributed by atoms with Crippen LogP contribution in [0.5, 0.6) is 0 Å². The summed E-state index contributed by atoms with van der Waals surface area (Å²) in [4.78, 5) is 8.03. The molecule has 1 aliphatic heterocycles. The third-order valence-electron chi connectivity index (χ3n) is 3.48. The van der Waals surface area contributed by atoms with Gasteiger partial charge in [-0.3, -0.25) is 4.72 Å². The van der Waals surface area contributed by atoms with Crippen molar-refractivity contribution < 1.29 is 8.42 Å². The second-order valence-corrected chi connectivity index (χ2v) is 8.06. The van der Waals surface area contributed by atoms with Gasteiger partial charge in [-0.15, -0.1) is 0 Å². The number of nitrogens with zero attached hydrogens (tertiary/aromatic N) is 2. The van der Waals surface area contributed by atoms with Crippen LogP contribution in [0.25, 0.3) is 0 Å². The molecule has 0 unspecified atom stereocenters. The number of benzene rings is 1. The molecular weight excluding hydrogens is 306 g/mol. The molecule has 3 rings (SSSR count). The van der Waals surface area contributed by atoms with Crippen LogP contribution < -0.4 is 4.72 Å². The molecule has 2 heterocycles. The lowest BCUT2D eigenvalue weighted by atomic mass is 10.2. The lowest BCUT2D eigenvalue weighted by molar-refractivity contribution is 0.314. The van der Waals surface area contributed by atoms with Gasteiger partial charge >= 0.3 is 0 Å². The molecule has 0 atom stereocenters. The van der Waals surface area contributed by atoms with E-state index in [1.54, 1.807) is 24.3 Å². The first-order valence-electron chi connectivity index (χ1n) is 6.71. The fourth-order valence-electron chi connectivity index (χ4n) is 2.26. The van der Waals surface area contributed by atoms with E-state index in [0.29, 0.717) is 5.13 Å². The van der Waals surface area contributed by atoms with Crippen molar-refractivity contribution >= 4 is 26.5 Å². The number of aromatic nitrogens is 1. The van der Waals surface area contributed by atoms with E-state index in [1.807, 2.05) is 6.92 Å². The van der Waals surface area contributed by atoms with Gasteiger partial charge in [-0.05, 0) is 26.1 Å². The molecule has 5 nitrogen and oxygen atoms in total. The van der Waals surface area contributed by atoms with Gasteiger partial charge in [0.2, 0.25) is 0 Å². The van der Waals surface area contributed by atoms with Gasteiger partial charge < -0.3 is 4.90 Å². The molecule has 1 aromatic heterocycles. The third-order valence-corrected chi connectivity index (χ3v) is 5.96. The normalized spacial score (nSPS) is 15.7. The van der Waals surface area contributed by atoms with Crippen LogP contribution in [-0.2, 0) is 23.0 Å². The second-order valence-electron chi connectivity index (χ2n) is 5.30. The largest absolute Gasteiger partial charge is 0.301 e. The summed E-state index contributed by atoms with van der Waals surface area (Å²) in [6.07, 6.45) is 0.870. The van der Waals surface area contributed by atoms with Gasteiger partial charge in [0.15, 0.2) is 5.13 Å². The minimum absolute atomic E-state index is 0.262. The summed E-state index contributed by atoms with van der Waals surface area (Å²) >= 11 is 1.42. The zero-order valence-electron chi connectivity index (χ0n) is 12.0. The number of rotatable bonds is 3. The average Bonchev–Trinajstić information content (AvgIpc) is 2.79. The van der Waals surface area contributed by atoms with Crippen molar-refractivity contribution in [1.29, 1.82) is 0 Å². The first-order chi connectivity index (χ1) is 9.94. The Hall–Kier alpha value is -1.44. The molecule has 0 amide bonds. The van der Waals surface area contributed by atoms with Crippen molar-refractivity contribution in [2.24, 2.45) is 0 Å². The first-order valence-corrected chi connectivity index (χ1v) is 9.00. The molecule has 112 valence electrons. The summed E-state index contributed by atoms with van der Waals surface area (Å²) in [6.45, 7) is 3.72. The van der Waals surface area contributed by atoms with Crippen molar-refractivity contribution in [2.45, 2.75) is 24.8 Å². The number of thiazole rings is 1. The molecule has 7 heteroatoms. The SMILES string of the molecule is Cc1ccc(S(=O)(=O)Nc2nc3c(s2)CN(C)CC3)cc1. The Bertz CT molecular complexity index is 751.